The van der Waals surface area contributed by atoms with Crippen LogP contribution < -0.4 is 0 Å². The molecule has 0 aliphatic heterocycles. The first kappa shape index (κ1) is 12.7. The molecule has 98 valence electrons. The van der Waals surface area contributed by atoms with Crippen LogP contribution in [0.2, 0.25) is 0 Å². The summed E-state index contributed by atoms with van der Waals surface area (Å²) in [7, 11) is 1.64. The molecule has 0 atom stereocenters. The maximum absolute atomic E-state index is 8.07. The van der Waals surface area contributed by atoms with Crippen LogP contribution in [-0.2, 0) is 4.74 Å². The largest absolute Gasteiger partial charge is 0.469 e. The molecule has 0 saturated heterocycles. The van der Waals surface area contributed by atoms with E-state index in [9.17, 15) is 0 Å². The van der Waals surface area contributed by atoms with Crippen LogP contribution >= 0.6 is 0 Å². The topological polar surface area (TPSA) is 36.3 Å². The number of hydrogen-bond donors (Lipinski definition) is 1. The highest BCUT2D eigenvalue weighted by Gasteiger charge is 2.31. The summed E-state index contributed by atoms with van der Waals surface area (Å²) < 4.78 is 5.23. The second-order valence-electron chi connectivity index (χ2n) is 5.50. The molecular formula is C14H26N2O. The van der Waals surface area contributed by atoms with E-state index < -0.39 is 0 Å². The third-order valence-electron chi connectivity index (χ3n) is 4.36. The zero-order valence-electron chi connectivity index (χ0n) is 11.1. The minimum atomic E-state index is 0.406. The van der Waals surface area contributed by atoms with Crippen LogP contribution in [-0.4, -0.2) is 30.1 Å². The molecule has 0 spiro atoms. The van der Waals surface area contributed by atoms with Gasteiger partial charge < -0.3 is 9.64 Å². The predicted octanol–water partition coefficient (Wildman–Crippen LogP) is 3.53. The maximum atomic E-state index is 8.07. The minimum absolute atomic E-state index is 0.406. The van der Waals surface area contributed by atoms with Crippen LogP contribution in [0, 0.1) is 5.41 Å². The lowest BCUT2D eigenvalue weighted by Gasteiger charge is -2.42. The fraction of sp³-hybridized carbons (Fsp3) is 0.929. The van der Waals surface area contributed by atoms with Gasteiger partial charge in [-0.15, -0.1) is 0 Å². The van der Waals surface area contributed by atoms with Crippen molar-refractivity contribution in [2.24, 2.45) is 0 Å². The zero-order valence-corrected chi connectivity index (χ0v) is 11.1. The van der Waals surface area contributed by atoms with Gasteiger partial charge in [0.15, 0.2) is 0 Å². The third-order valence-corrected chi connectivity index (χ3v) is 4.36. The molecule has 2 aliphatic rings. The average Bonchev–Trinajstić information content (AvgIpc) is 2.41. The molecule has 0 aromatic heterocycles. The number of amidine groups is 1. The first-order chi connectivity index (χ1) is 8.33. The van der Waals surface area contributed by atoms with E-state index >= 15 is 0 Å². The van der Waals surface area contributed by atoms with Crippen LogP contribution in [0.4, 0.5) is 0 Å². The van der Waals surface area contributed by atoms with Gasteiger partial charge in [-0.05, 0) is 25.7 Å². The van der Waals surface area contributed by atoms with E-state index in [0.717, 1.165) is 0 Å². The van der Waals surface area contributed by atoms with Crippen molar-refractivity contribution in [2.45, 2.75) is 76.3 Å². The molecular weight excluding hydrogens is 212 g/mol. The normalized spacial score (nSPS) is 23.4. The van der Waals surface area contributed by atoms with Crippen LogP contribution in [0.5, 0.6) is 0 Å². The Hall–Kier alpha value is -0.730. The van der Waals surface area contributed by atoms with E-state index in [-0.39, 0.29) is 0 Å². The van der Waals surface area contributed by atoms with Gasteiger partial charge in [-0.25, -0.2) is 0 Å². The predicted molar refractivity (Wildman–Crippen MR) is 70.3 cm³/mol. The highest BCUT2D eigenvalue weighted by molar-refractivity contribution is 5.71. The Kier molecular flexibility index (Phi) is 4.69. The Morgan fingerprint density at radius 1 is 0.882 bits per heavy atom. The summed E-state index contributed by atoms with van der Waals surface area (Å²) >= 11 is 0. The summed E-state index contributed by atoms with van der Waals surface area (Å²) in [5.74, 6) is 0. The first-order valence-electron chi connectivity index (χ1n) is 7.24. The quantitative estimate of drug-likeness (QED) is 0.590. The van der Waals surface area contributed by atoms with E-state index in [2.05, 4.69) is 4.90 Å². The number of nitrogens with zero attached hydrogens (tertiary/aromatic N) is 1. The lowest BCUT2D eigenvalue weighted by molar-refractivity contribution is 0.121. The molecule has 2 aliphatic carbocycles. The number of rotatable bonds is 2. The molecule has 1 N–H and O–H groups in total. The fourth-order valence-electron chi connectivity index (χ4n) is 3.45. The third kappa shape index (κ3) is 3.14. The molecule has 2 fully saturated rings. The minimum Gasteiger partial charge on any atom is -0.469 e. The smallest absolute Gasteiger partial charge is 0.284 e. The molecule has 0 aromatic rings. The standard InChI is InChI=1S/C14H26N2O/c1-17-14(15)16(12-8-4-2-5-9-12)13-10-6-3-7-11-13/h12-13,15H,2-11H2,1H3. The SMILES string of the molecule is COC(=N)N(C1CCCCC1)C1CCCCC1. The Labute approximate surface area is 105 Å². The number of nitrogens with one attached hydrogen (secondary N) is 1. The molecule has 0 radical (unpaired) electrons. The first-order valence-corrected chi connectivity index (χ1v) is 7.24. The van der Waals surface area contributed by atoms with Gasteiger partial charge in [0, 0.05) is 12.1 Å². The van der Waals surface area contributed by atoms with E-state index in [4.69, 9.17) is 10.1 Å². The molecule has 0 unspecified atom stereocenters. The summed E-state index contributed by atoms with van der Waals surface area (Å²) in [5.41, 5.74) is 0. The Morgan fingerprint density at radius 2 is 1.29 bits per heavy atom. The Morgan fingerprint density at radius 3 is 1.65 bits per heavy atom. The van der Waals surface area contributed by atoms with Crippen LogP contribution in [0.3, 0.4) is 0 Å². The van der Waals surface area contributed by atoms with Gasteiger partial charge in [0.1, 0.15) is 0 Å². The van der Waals surface area contributed by atoms with Gasteiger partial charge in [-0.3, -0.25) is 5.41 Å². The average molecular weight is 238 g/mol. The maximum Gasteiger partial charge on any atom is 0.284 e. The van der Waals surface area contributed by atoms with Crippen LogP contribution in [0.25, 0.3) is 0 Å². The van der Waals surface area contributed by atoms with Crippen molar-refractivity contribution in [2.75, 3.05) is 7.11 Å². The van der Waals surface area contributed by atoms with E-state index in [1.165, 1.54) is 64.2 Å². The van der Waals surface area contributed by atoms with E-state index in [1.54, 1.807) is 7.11 Å². The van der Waals surface area contributed by atoms with Gasteiger partial charge in [-0.1, -0.05) is 38.5 Å². The van der Waals surface area contributed by atoms with Crippen molar-refractivity contribution in [1.82, 2.24) is 4.90 Å². The summed E-state index contributed by atoms with van der Waals surface area (Å²) in [5, 5.41) is 8.07. The molecule has 0 bridgehead atoms. The second kappa shape index (κ2) is 6.27. The number of methoxy groups -OCH3 is 1. The van der Waals surface area contributed by atoms with Crippen LogP contribution in [0.1, 0.15) is 64.2 Å². The molecule has 0 aromatic carbocycles. The second-order valence-corrected chi connectivity index (χ2v) is 5.50. The molecule has 3 nitrogen and oxygen atoms in total. The molecule has 0 heterocycles. The Bertz CT molecular complexity index is 225. The van der Waals surface area contributed by atoms with E-state index in [1.807, 2.05) is 0 Å². The molecule has 2 rings (SSSR count). The number of ether oxygens (including phenoxy) is 1. The van der Waals surface area contributed by atoms with Crippen molar-refractivity contribution in [3.05, 3.63) is 0 Å². The van der Waals surface area contributed by atoms with E-state index in [0.29, 0.717) is 18.1 Å². The molecule has 17 heavy (non-hydrogen) atoms. The van der Waals surface area contributed by atoms with Crippen molar-refractivity contribution >= 4 is 6.02 Å². The molecule has 2 saturated carbocycles. The fourth-order valence-corrected chi connectivity index (χ4v) is 3.45. The summed E-state index contributed by atoms with van der Waals surface area (Å²) in [6.07, 6.45) is 13.0. The molecule has 0 amide bonds. The lowest BCUT2D eigenvalue weighted by atomic mass is 9.89. The van der Waals surface area contributed by atoms with Gasteiger partial charge >= 0.3 is 0 Å². The monoisotopic (exact) mass is 238 g/mol. The summed E-state index contributed by atoms with van der Waals surface area (Å²) in [6.45, 7) is 0. The highest BCUT2D eigenvalue weighted by Crippen LogP contribution is 2.30. The van der Waals surface area contributed by atoms with Crippen LogP contribution in [0.15, 0.2) is 0 Å². The Balaban J connectivity index is 2.02. The lowest BCUT2D eigenvalue weighted by Crippen LogP contribution is -2.49. The van der Waals surface area contributed by atoms with Crippen molar-refractivity contribution in [1.29, 1.82) is 5.41 Å². The zero-order chi connectivity index (χ0) is 12.1. The van der Waals surface area contributed by atoms with Gasteiger partial charge in [0.05, 0.1) is 7.11 Å². The highest BCUT2D eigenvalue weighted by atomic mass is 16.5. The summed E-state index contributed by atoms with van der Waals surface area (Å²) in [6, 6.07) is 1.54. The van der Waals surface area contributed by atoms with Crippen molar-refractivity contribution in [3.63, 3.8) is 0 Å². The van der Waals surface area contributed by atoms with Crippen molar-refractivity contribution in [3.8, 4) is 0 Å². The van der Waals surface area contributed by atoms with Crippen molar-refractivity contribution < 1.29 is 4.74 Å². The van der Waals surface area contributed by atoms with Gasteiger partial charge in [-0.2, -0.15) is 0 Å². The van der Waals surface area contributed by atoms with Gasteiger partial charge in [0.2, 0.25) is 0 Å². The number of hydrogen-bond acceptors (Lipinski definition) is 2. The van der Waals surface area contributed by atoms with Gasteiger partial charge in [0.25, 0.3) is 6.02 Å². The summed E-state index contributed by atoms with van der Waals surface area (Å²) in [4.78, 5) is 2.30. The molecule has 3 heteroatoms.